The molecule has 1 amide bonds. The van der Waals surface area contributed by atoms with E-state index in [1.165, 1.54) is 12.1 Å². The summed E-state index contributed by atoms with van der Waals surface area (Å²) in [6.07, 6.45) is 0.707. The van der Waals surface area contributed by atoms with Gasteiger partial charge in [0.1, 0.15) is 11.8 Å². The predicted octanol–water partition coefficient (Wildman–Crippen LogP) is 1.41. The fourth-order valence-corrected chi connectivity index (χ4v) is 1.92. The lowest BCUT2D eigenvalue weighted by Gasteiger charge is -2.10. The largest absolute Gasteiger partial charge is 0.478 e. The Hall–Kier alpha value is -2.48. The molecule has 1 atom stereocenters. The van der Waals surface area contributed by atoms with E-state index < -0.39 is 28.6 Å². The monoisotopic (exact) mass is 280 g/mol. The summed E-state index contributed by atoms with van der Waals surface area (Å²) in [5.74, 6) is -1.74. The van der Waals surface area contributed by atoms with E-state index in [2.05, 4.69) is 5.32 Å². The number of carbonyl (C=O) groups excluding carboxylic acids is 1. The third-order valence-electron chi connectivity index (χ3n) is 2.92. The number of amides is 1. The van der Waals surface area contributed by atoms with Gasteiger partial charge in [0.05, 0.1) is 10.5 Å². The molecule has 1 heterocycles. The maximum absolute atomic E-state index is 11.8. The number of rotatable bonds is 4. The van der Waals surface area contributed by atoms with E-state index in [0.29, 0.717) is 13.0 Å². The summed E-state index contributed by atoms with van der Waals surface area (Å²) in [4.78, 5) is 32.8. The number of benzene rings is 1. The van der Waals surface area contributed by atoms with E-state index in [9.17, 15) is 19.7 Å². The van der Waals surface area contributed by atoms with Crippen LogP contribution in [0.4, 0.5) is 11.4 Å². The maximum Gasteiger partial charge on any atom is 0.335 e. The standard InChI is InChI=1S/C12H12N2O6/c15-11(10-2-1-5-20-10)13-8-4-3-7(12(16)17)6-9(8)14(18)19/h3-4,6,10H,1-2,5H2,(H,13,15)(H,16,17). The number of carboxylic acids is 1. The second kappa shape index (κ2) is 5.66. The number of carbonyl (C=O) groups is 2. The van der Waals surface area contributed by atoms with Crippen molar-refractivity contribution in [2.45, 2.75) is 18.9 Å². The number of nitro groups is 1. The summed E-state index contributed by atoms with van der Waals surface area (Å²) in [5.41, 5.74) is -0.719. The highest BCUT2D eigenvalue weighted by atomic mass is 16.6. The third-order valence-corrected chi connectivity index (χ3v) is 2.92. The Morgan fingerprint density at radius 3 is 2.75 bits per heavy atom. The molecule has 0 bridgehead atoms. The van der Waals surface area contributed by atoms with Gasteiger partial charge in [-0.3, -0.25) is 14.9 Å². The zero-order valence-electron chi connectivity index (χ0n) is 10.4. The van der Waals surface area contributed by atoms with E-state index >= 15 is 0 Å². The number of hydrogen-bond acceptors (Lipinski definition) is 5. The number of nitro benzene ring substituents is 1. The third kappa shape index (κ3) is 2.91. The Labute approximate surface area is 113 Å². The molecule has 0 saturated carbocycles. The molecule has 1 unspecified atom stereocenters. The van der Waals surface area contributed by atoms with E-state index in [-0.39, 0.29) is 11.3 Å². The van der Waals surface area contributed by atoms with Crippen LogP contribution < -0.4 is 5.32 Å². The van der Waals surface area contributed by atoms with Gasteiger partial charge in [-0.25, -0.2) is 4.79 Å². The van der Waals surface area contributed by atoms with Gasteiger partial charge in [0.2, 0.25) is 0 Å². The molecule has 1 fully saturated rings. The Morgan fingerprint density at radius 2 is 2.20 bits per heavy atom. The van der Waals surface area contributed by atoms with Crippen LogP contribution >= 0.6 is 0 Å². The molecule has 1 aromatic carbocycles. The van der Waals surface area contributed by atoms with Crippen LogP contribution in [-0.4, -0.2) is 34.6 Å². The molecule has 0 aromatic heterocycles. The van der Waals surface area contributed by atoms with Crippen molar-refractivity contribution in [3.05, 3.63) is 33.9 Å². The van der Waals surface area contributed by atoms with Crippen molar-refractivity contribution < 1.29 is 24.4 Å². The highest BCUT2D eigenvalue weighted by Gasteiger charge is 2.26. The van der Waals surface area contributed by atoms with Crippen molar-refractivity contribution in [1.29, 1.82) is 0 Å². The number of anilines is 1. The van der Waals surface area contributed by atoms with Gasteiger partial charge in [0.25, 0.3) is 11.6 Å². The van der Waals surface area contributed by atoms with Gasteiger partial charge >= 0.3 is 5.97 Å². The van der Waals surface area contributed by atoms with E-state index in [1.54, 1.807) is 0 Å². The highest BCUT2D eigenvalue weighted by Crippen LogP contribution is 2.26. The van der Waals surface area contributed by atoms with Crippen molar-refractivity contribution in [3.63, 3.8) is 0 Å². The number of nitrogens with one attached hydrogen (secondary N) is 1. The molecule has 8 heteroatoms. The molecule has 1 aliphatic rings. The summed E-state index contributed by atoms with van der Waals surface area (Å²) in [5, 5.41) is 22.1. The molecule has 0 aliphatic carbocycles. The van der Waals surface area contributed by atoms with Crippen LogP contribution in [0.2, 0.25) is 0 Å². The fourth-order valence-electron chi connectivity index (χ4n) is 1.92. The summed E-state index contributed by atoms with van der Waals surface area (Å²) in [6, 6.07) is 3.31. The summed E-state index contributed by atoms with van der Waals surface area (Å²) >= 11 is 0. The number of hydrogen-bond donors (Lipinski definition) is 2. The minimum atomic E-state index is -1.27. The second-order valence-electron chi connectivity index (χ2n) is 4.29. The van der Waals surface area contributed by atoms with Crippen molar-refractivity contribution in [3.8, 4) is 0 Å². The Morgan fingerprint density at radius 1 is 1.45 bits per heavy atom. The van der Waals surface area contributed by atoms with Crippen LogP contribution in [0.1, 0.15) is 23.2 Å². The Balaban J connectivity index is 2.24. The normalized spacial score (nSPS) is 17.7. The zero-order valence-corrected chi connectivity index (χ0v) is 10.4. The van der Waals surface area contributed by atoms with Crippen LogP contribution in [0.15, 0.2) is 18.2 Å². The average Bonchev–Trinajstić information content (AvgIpc) is 2.92. The first-order valence-corrected chi connectivity index (χ1v) is 5.93. The highest BCUT2D eigenvalue weighted by molar-refractivity contribution is 5.97. The van der Waals surface area contributed by atoms with Crippen molar-refractivity contribution in [2.75, 3.05) is 11.9 Å². The molecule has 1 saturated heterocycles. The van der Waals surface area contributed by atoms with Crippen LogP contribution in [0.25, 0.3) is 0 Å². The van der Waals surface area contributed by atoms with Crippen LogP contribution in [0, 0.1) is 10.1 Å². The lowest BCUT2D eigenvalue weighted by atomic mass is 10.1. The number of carboxylic acid groups (broad SMARTS) is 1. The SMILES string of the molecule is O=C(O)c1ccc(NC(=O)C2CCCO2)c([N+](=O)[O-])c1. The Bertz CT molecular complexity index is 565. The fraction of sp³-hybridized carbons (Fsp3) is 0.333. The minimum Gasteiger partial charge on any atom is -0.478 e. The van der Waals surface area contributed by atoms with Crippen molar-refractivity contribution >= 4 is 23.3 Å². The molecule has 106 valence electrons. The quantitative estimate of drug-likeness (QED) is 0.635. The molecule has 1 aliphatic heterocycles. The molecule has 2 rings (SSSR count). The lowest BCUT2D eigenvalue weighted by Crippen LogP contribution is -2.27. The van der Waals surface area contributed by atoms with E-state index in [1.807, 2.05) is 0 Å². The molecular formula is C12H12N2O6. The smallest absolute Gasteiger partial charge is 0.335 e. The van der Waals surface area contributed by atoms with Gasteiger partial charge in [-0.05, 0) is 25.0 Å². The van der Waals surface area contributed by atoms with Gasteiger partial charge < -0.3 is 15.2 Å². The predicted molar refractivity (Wildman–Crippen MR) is 67.7 cm³/mol. The molecule has 20 heavy (non-hydrogen) atoms. The van der Waals surface area contributed by atoms with Crippen LogP contribution in [0.3, 0.4) is 0 Å². The van der Waals surface area contributed by atoms with Crippen molar-refractivity contribution in [1.82, 2.24) is 0 Å². The molecule has 0 spiro atoms. The van der Waals surface area contributed by atoms with Crippen LogP contribution in [-0.2, 0) is 9.53 Å². The maximum atomic E-state index is 11.8. The number of aromatic carboxylic acids is 1. The first kappa shape index (κ1) is 13.9. The van der Waals surface area contributed by atoms with Gasteiger partial charge in [0, 0.05) is 12.7 Å². The lowest BCUT2D eigenvalue weighted by molar-refractivity contribution is -0.384. The zero-order chi connectivity index (χ0) is 14.7. The number of ether oxygens (including phenoxy) is 1. The summed E-state index contributed by atoms with van der Waals surface area (Å²) < 4.78 is 5.17. The molecule has 2 N–H and O–H groups in total. The Kier molecular flexibility index (Phi) is 3.94. The van der Waals surface area contributed by atoms with Gasteiger partial charge in [-0.15, -0.1) is 0 Å². The topological polar surface area (TPSA) is 119 Å². The molecule has 1 aromatic rings. The molecule has 0 radical (unpaired) electrons. The first-order valence-electron chi connectivity index (χ1n) is 5.93. The first-order chi connectivity index (χ1) is 9.49. The van der Waals surface area contributed by atoms with E-state index in [4.69, 9.17) is 9.84 Å². The summed E-state index contributed by atoms with van der Waals surface area (Å²) in [7, 11) is 0. The van der Waals surface area contributed by atoms with Gasteiger partial charge in [-0.1, -0.05) is 0 Å². The van der Waals surface area contributed by atoms with Gasteiger partial charge in [0.15, 0.2) is 0 Å². The average molecular weight is 280 g/mol. The minimum absolute atomic E-state index is 0.0412. The van der Waals surface area contributed by atoms with E-state index in [0.717, 1.165) is 12.5 Å². The molecular weight excluding hydrogens is 268 g/mol. The van der Waals surface area contributed by atoms with Crippen molar-refractivity contribution in [2.24, 2.45) is 0 Å². The number of nitrogens with zero attached hydrogens (tertiary/aromatic N) is 1. The summed E-state index contributed by atoms with van der Waals surface area (Å²) in [6.45, 7) is 0.484. The van der Waals surface area contributed by atoms with Crippen LogP contribution in [0.5, 0.6) is 0 Å². The second-order valence-corrected chi connectivity index (χ2v) is 4.29. The molecule has 8 nitrogen and oxygen atoms in total. The van der Waals surface area contributed by atoms with Gasteiger partial charge in [-0.2, -0.15) is 0 Å².